The van der Waals surface area contributed by atoms with Gasteiger partial charge >= 0.3 is 0 Å². The zero-order valence-corrected chi connectivity index (χ0v) is 19.2. The van der Waals surface area contributed by atoms with Crippen molar-refractivity contribution >= 4 is 58.3 Å². The molecule has 6 nitrogen and oxygen atoms in total. The topological polar surface area (TPSA) is 67.4 Å². The van der Waals surface area contributed by atoms with Gasteiger partial charge in [-0.25, -0.2) is 0 Å². The van der Waals surface area contributed by atoms with Crippen molar-refractivity contribution in [3.8, 4) is 5.75 Å². The fourth-order valence-electron chi connectivity index (χ4n) is 2.89. The Bertz CT molecular complexity index is 1210. The monoisotopic (exact) mass is 485 g/mol. The average molecular weight is 486 g/mol. The van der Waals surface area contributed by atoms with Crippen molar-refractivity contribution in [3.05, 3.63) is 92.7 Å². The van der Waals surface area contributed by atoms with E-state index in [2.05, 4.69) is 10.2 Å². The molecule has 1 saturated heterocycles. The highest BCUT2D eigenvalue weighted by molar-refractivity contribution is 8.18. The number of thioether (sulfide) groups is 1. The summed E-state index contributed by atoms with van der Waals surface area (Å²) >= 11 is 13.6. The van der Waals surface area contributed by atoms with E-state index in [9.17, 15) is 4.79 Å². The predicted molar refractivity (Wildman–Crippen MR) is 129 cm³/mol. The van der Waals surface area contributed by atoms with Crippen molar-refractivity contribution < 1.29 is 13.9 Å². The van der Waals surface area contributed by atoms with Crippen LogP contribution in [-0.4, -0.2) is 29.3 Å². The minimum absolute atomic E-state index is 0.221. The molecule has 1 fully saturated rings. The van der Waals surface area contributed by atoms with Crippen LogP contribution in [-0.2, 0) is 11.3 Å². The van der Waals surface area contributed by atoms with Gasteiger partial charge in [0.1, 0.15) is 11.5 Å². The van der Waals surface area contributed by atoms with Crippen LogP contribution in [0.2, 0.25) is 10.0 Å². The molecular formula is C23H17Cl2N3O3S. The molecule has 0 aliphatic carbocycles. The summed E-state index contributed by atoms with van der Waals surface area (Å²) in [7, 11) is 1.61. The number of benzene rings is 2. The molecule has 0 bridgehead atoms. The number of carbonyl (C=O) groups is 1. The van der Waals surface area contributed by atoms with Crippen LogP contribution in [0.4, 0.5) is 0 Å². The molecule has 0 saturated carbocycles. The molecule has 0 N–H and O–H groups in total. The third kappa shape index (κ3) is 5.07. The normalized spacial score (nSPS) is 16.6. The fourth-order valence-corrected chi connectivity index (χ4v) is 4.18. The van der Waals surface area contributed by atoms with Crippen molar-refractivity contribution in [2.45, 2.75) is 6.54 Å². The van der Waals surface area contributed by atoms with Gasteiger partial charge in [-0.1, -0.05) is 35.3 Å². The first-order valence-electron chi connectivity index (χ1n) is 9.48. The zero-order valence-electron chi connectivity index (χ0n) is 16.9. The van der Waals surface area contributed by atoms with Crippen LogP contribution in [0, 0.1) is 0 Å². The standard InChI is InChI=1S/C23H17Cl2N3O3S/c1-30-17-9-7-15(8-10-17)13-26-27-23-28(14-18-5-3-11-31-18)22(29)20(32-23)12-16-4-2-6-19(24)21(16)25/h2-13H,14H2,1H3/b20-12-,26-13+,27-23-. The summed E-state index contributed by atoms with van der Waals surface area (Å²) in [5.74, 6) is 1.16. The maximum absolute atomic E-state index is 13.1. The maximum atomic E-state index is 13.1. The number of carbonyl (C=O) groups excluding carboxylic acids is 1. The number of methoxy groups -OCH3 is 1. The summed E-state index contributed by atoms with van der Waals surface area (Å²) < 4.78 is 10.6. The SMILES string of the molecule is COc1ccc(/C=N/N=C2\S/C(=C\c3cccc(Cl)c3Cl)C(=O)N2Cc2ccco2)cc1. The summed E-state index contributed by atoms with van der Waals surface area (Å²) in [5.41, 5.74) is 1.50. The van der Waals surface area contributed by atoms with E-state index in [0.717, 1.165) is 11.3 Å². The summed E-state index contributed by atoms with van der Waals surface area (Å²) in [4.78, 5) is 15.1. The highest BCUT2D eigenvalue weighted by atomic mass is 35.5. The molecule has 1 aromatic heterocycles. The van der Waals surface area contributed by atoms with E-state index >= 15 is 0 Å². The number of ether oxygens (including phenoxy) is 1. The summed E-state index contributed by atoms with van der Waals surface area (Å²) in [5, 5.41) is 9.69. The molecule has 0 atom stereocenters. The summed E-state index contributed by atoms with van der Waals surface area (Å²) in [6.07, 6.45) is 4.87. The van der Waals surface area contributed by atoms with Gasteiger partial charge in [-0.3, -0.25) is 9.69 Å². The van der Waals surface area contributed by atoms with E-state index in [1.54, 1.807) is 56.0 Å². The van der Waals surface area contributed by atoms with E-state index in [-0.39, 0.29) is 12.5 Å². The van der Waals surface area contributed by atoms with Gasteiger partial charge in [-0.15, -0.1) is 5.10 Å². The average Bonchev–Trinajstić information content (AvgIpc) is 3.42. The van der Waals surface area contributed by atoms with E-state index in [4.69, 9.17) is 32.4 Å². The quantitative estimate of drug-likeness (QED) is 0.240. The summed E-state index contributed by atoms with van der Waals surface area (Å²) in [6, 6.07) is 16.2. The van der Waals surface area contributed by atoms with E-state index in [1.165, 1.54) is 16.7 Å². The smallest absolute Gasteiger partial charge is 0.267 e. The molecule has 1 aliphatic heterocycles. The Kier molecular flexibility index (Phi) is 6.99. The number of hydrogen-bond acceptors (Lipinski definition) is 6. The van der Waals surface area contributed by atoms with Gasteiger partial charge in [-0.2, -0.15) is 5.10 Å². The second-order valence-corrected chi connectivity index (χ2v) is 8.42. The second kappa shape index (κ2) is 10.1. The first-order valence-corrected chi connectivity index (χ1v) is 11.1. The van der Waals surface area contributed by atoms with Gasteiger partial charge in [-0.05, 0) is 71.4 Å². The second-order valence-electron chi connectivity index (χ2n) is 6.62. The van der Waals surface area contributed by atoms with Crippen LogP contribution in [0.15, 0.2) is 80.4 Å². The Morgan fingerprint density at radius 1 is 1.12 bits per heavy atom. The van der Waals surface area contributed by atoms with Crippen LogP contribution in [0.25, 0.3) is 6.08 Å². The summed E-state index contributed by atoms with van der Waals surface area (Å²) in [6.45, 7) is 0.232. The number of rotatable bonds is 6. The van der Waals surface area contributed by atoms with Gasteiger partial charge in [0.2, 0.25) is 0 Å². The number of amides is 1. The highest BCUT2D eigenvalue weighted by Gasteiger charge is 2.34. The lowest BCUT2D eigenvalue weighted by molar-refractivity contribution is -0.122. The lowest BCUT2D eigenvalue weighted by Crippen LogP contribution is -2.28. The van der Waals surface area contributed by atoms with Crippen molar-refractivity contribution in [2.75, 3.05) is 7.11 Å². The molecule has 32 heavy (non-hydrogen) atoms. The first kappa shape index (κ1) is 22.2. The molecule has 3 aromatic rings. The Labute approximate surface area is 199 Å². The molecule has 0 radical (unpaired) electrons. The van der Waals surface area contributed by atoms with Crippen LogP contribution >= 0.6 is 35.0 Å². The third-order valence-corrected chi connectivity index (χ3v) is 6.35. The Balaban J connectivity index is 1.62. The van der Waals surface area contributed by atoms with Gasteiger partial charge < -0.3 is 9.15 Å². The number of nitrogens with zero attached hydrogens (tertiary/aromatic N) is 3. The lowest BCUT2D eigenvalue weighted by atomic mass is 10.2. The van der Waals surface area contributed by atoms with Crippen molar-refractivity contribution in [3.63, 3.8) is 0 Å². The Morgan fingerprint density at radius 2 is 1.94 bits per heavy atom. The molecule has 1 aliphatic rings. The van der Waals surface area contributed by atoms with Crippen LogP contribution in [0.3, 0.4) is 0 Å². The van der Waals surface area contributed by atoms with E-state index < -0.39 is 0 Å². The number of halogens is 2. The fraction of sp³-hybridized carbons (Fsp3) is 0.0870. The van der Waals surface area contributed by atoms with Crippen molar-refractivity contribution in [1.82, 2.24) is 4.90 Å². The van der Waals surface area contributed by atoms with Gasteiger partial charge in [0, 0.05) is 0 Å². The minimum Gasteiger partial charge on any atom is -0.497 e. The molecule has 9 heteroatoms. The molecule has 2 heterocycles. The lowest BCUT2D eigenvalue weighted by Gasteiger charge is -2.12. The molecule has 0 unspecified atom stereocenters. The first-order chi connectivity index (χ1) is 15.5. The zero-order chi connectivity index (χ0) is 22.5. The van der Waals surface area contributed by atoms with Crippen LogP contribution in [0.1, 0.15) is 16.9 Å². The van der Waals surface area contributed by atoms with Crippen LogP contribution < -0.4 is 4.74 Å². The largest absolute Gasteiger partial charge is 0.497 e. The maximum Gasteiger partial charge on any atom is 0.267 e. The Hall–Kier alpha value is -3.00. The molecule has 4 rings (SSSR count). The molecular weight excluding hydrogens is 469 g/mol. The van der Waals surface area contributed by atoms with Gasteiger partial charge in [0.15, 0.2) is 5.17 Å². The minimum atomic E-state index is -0.221. The van der Waals surface area contributed by atoms with E-state index in [0.29, 0.717) is 31.4 Å². The molecule has 1 amide bonds. The van der Waals surface area contributed by atoms with Crippen molar-refractivity contribution in [1.29, 1.82) is 0 Å². The Morgan fingerprint density at radius 3 is 2.66 bits per heavy atom. The van der Waals surface area contributed by atoms with Crippen LogP contribution in [0.5, 0.6) is 5.75 Å². The van der Waals surface area contributed by atoms with Gasteiger partial charge in [0.25, 0.3) is 5.91 Å². The van der Waals surface area contributed by atoms with Crippen molar-refractivity contribution in [2.24, 2.45) is 10.2 Å². The third-order valence-electron chi connectivity index (χ3n) is 4.52. The van der Waals surface area contributed by atoms with E-state index in [1.807, 2.05) is 24.3 Å². The molecule has 2 aromatic carbocycles. The highest BCUT2D eigenvalue weighted by Crippen LogP contribution is 2.36. The number of hydrogen-bond donors (Lipinski definition) is 0. The number of amidine groups is 1. The molecule has 162 valence electrons. The molecule has 0 spiro atoms. The van der Waals surface area contributed by atoms with Gasteiger partial charge in [0.05, 0.1) is 41.1 Å². The predicted octanol–water partition coefficient (Wildman–Crippen LogP) is 6.10. The number of furan rings is 1.